The number of pyridine rings is 1. The first-order valence-corrected chi connectivity index (χ1v) is 12.5. The van der Waals surface area contributed by atoms with E-state index in [-0.39, 0.29) is 25.0 Å². The van der Waals surface area contributed by atoms with Crippen molar-refractivity contribution in [2.45, 2.75) is 37.3 Å². The van der Waals surface area contributed by atoms with Crippen LogP contribution in [0.15, 0.2) is 96.1 Å². The zero-order chi connectivity index (χ0) is 26.8. The summed E-state index contributed by atoms with van der Waals surface area (Å²) >= 11 is 0. The zero-order valence-corrected chi connectivity index (χ0v) is 20.9. The van der Waals surface area contributed by atoms with Crippen molar-refractivity contribution in [1.82, 2.24) is 10.3 Å². The van der Waals surface area contributed by atoms with Crippen LogP contribution in [0.4, 0.5) is 5.82 Å². The van der Waals surface area contributed by atoms with Crippen molar-refractivity contribution in [3.05, 3.63) is 96.7 Å². The van der Waals surface area contributed by atoms with Crippen LogP contribution in [0.2, 0.25) is 0 Å². The molecular formula is C30H30N4O4. The van der Waals surface area contributed by atoms with Crippen molar-refractivity contribution in [2.75, 3.05) is 11.9 Å². The molecular weight excluding hydrogens is 480 g/mol. The third-order valence-electron chi connectivity index (χ3n) is 6.36. The molecule has 1 aromatic heterocycles. The van der Waals surface area contributed by atoms with E-state index in [9.17, 15) is 19.5 Å². The second-order valence-corrected chi connectivity index (χ2v) is 9.11. The lowest BCUT2D eigenvalue weighted by Gasteiger charge is -2.24. The van der Waals surface area contributed by atoms with Crippen molar-refractivity contribution >= 4 is 29.7 Å². The van der Waals surface area contributed by atoms with Gasteiger partial charge in [0.1, 0.15) is 11.4 Å². The Kier molecular flexibility index (Phi) is 8.77. The normalized spacial score (nSPS) is 16.6. The summed E-state index contributed by atoms with van der Waals surface area (Å²) < 4.78 is 0. The molecule has 2 aromatic carbocycles. The molecule has 3 N–H and O–H groups in total. The Bertz CT molecular complexity index is 1290. The summed E-state index contributed by atoms with van der Waals surface area (Å²) in [7, 11) is 0. The Morgan fingerprint density at radius 2 is 1.66 bits per heavy atom. The van der Waals surface area contributed by atoms with Crippen molar-refractivity contribution < 1.29 is 19.5 Å². The molecule has 1 amide bonds. The lowest BCUT2D eigenvalue weighted by molar-refractivity contribution is -0.138. The summed E-state index contributed by atoms with van der Waals surface area (Å²) in [5.74, 6) is -0.906. The largest absolute Gasteiger partial charge is 0.481 e. The van der Waals surface area contributed by atoms with Gasteiger partial charge in [-0.1, -0.05) is 60.7 Å². The first-order chi connectivity index (χ1) is 18.4. The van der Waals surface area contributed by atoms with Gasteiger partial charge in [0, 0.05) is 25.4 Å². The van der Waals surface area contributed by atoms with Gasteiger partial charge in [-0.3, -0.25) is 19.4 Å². The van der Waals surface area contributed by atoms with Crippen LogP contribution < -0.4 is 10.6 Å². The summed E-state index contributed by atoms with van der Waals surface area (Å²) in [4.78, 5) is 46.3. The van der Waals surface area contributed by atoms with Gasteiger partial charge in [-0.25, -0.2) is 4.98 Å². The Hall–Kier alpha value is -4.59. The molecule has 0 fully saturated rings. The Morgan fingerprint density at radius 3 is 2.32 bits per heavy atom. The van der Waals surface area contributed by atoms with Gasteiger partial charge in [-0.15, -0.1) is 0 Å². The summed E-state index contributed by atoms with van der Waals surface area (Å²) in [6, 6.07) is 22.1. The SMILES string of the molecule is O=C(O)CC(NC(=O)CC1(C(=O)CCCNc2ccccn2)C=CC=N1)c1ccc(-c2ccccc2)cc1. The first-order valence-electron chi connectivity index (χ1n) is 12.5. The fourth-order valence-electron chi connectivity index (χ4n) is 4.39. The number of carbonyl (C=O) groups excluding carboxylic acids is 2. The van der Waals surface area contributed by atoms with E-state index < -0.39 is 23.5 Å². The van der Waals surface area contributed by atoms with E-state index in [1.165, 1.54) is 6.21 Å². The number of ketones is 1. The number of aliphatic imine (C=N–C) groups is 1. The number of carboxylic acids is 1. The van der Waals surface area contributed by atoms with Crippen molar-refractivity contribution in [3.8, 4) is 11.1 Å². The molecule has 2 atom stereocenters. The number of nitrogens with one attached hydrogen (secondary N) is 2. The number of anilines is 1. The van der Waals surface area contributed by atoms with E-state index in [1.54, 1.807) is 18.3 Å². The highest BCUT2D eigenvalue weighted by Crippen LogP contribution is 2.27. The minimum Gasteiger partial charge on any atom is -0.481 e. The maximum absolute atomic E-state index is 13.1. The van der Waals surface area contributed by atoms with E-state index in [4.69, 9.17) is 0 Å². The zero-order valence-electron chi connectivity index (χ0n) is 20.9. The quantitative estimate of drug-likeness (QED) is 0.289. The number of benzene rings is 2. The molecule has 2 heterocycles. The fraction of sp³-hybridized carbons (Fsp3) is 0.233. The van der Waals surface area contributed by atoms with Gasteiger partial charge in [-0.2, -0.15) is 0 Å². The van der Waals surface area contributed by atoms with E-state index in [2.05, 4.69) is 20.6 Å². The lowest BCUT2D eigenvalue weighted by Crippen LogP contribution is -2.41. The standard InChI is InChI=1S/C30H30N4O4/c35-26(10-6-18-32-27-11-4-5-17-31-27)30(16-7-19-33-30)21-28(36)34-25(20-29(37)38)24-14-12-23(13-15-24)22-8-2-1-3-9-22/h1-5,7-9,11-17,19,25H,6,10,18,20-21H2,(H,31,32)(H,34,36)(H,37,38). The van der Waals surface area contributed by atoms with E-state index in [0.29, 0.717) is 18.5 Å². The number of hydrogen-bond donors (Lipinski definition) is 3. The highest BCUT2D eigenvalue weighted by Gasteiger charge is 2.38. The molecule has 194 valence electrons. The van der Waals surface area contributed by atoms with Gasteiger partial charge >= 0.3 is 5.97 Å². The predicted octanol–water partition coefficient (Wildman–Crippen LogP) is 4.61. The van der Waals surface area contributed by atoms with Crippen molar-refractivity contribution in [1.29, 1.82) is 0 Å². The predicted molar refractivity (Wildman–Crippen MR) is 147 cm³/mol. The second-order valence-electron chi connectivity index (χ2n) is 9.11. The molecule has 1 aliphatic heterocycles. The Labute approximate surface area is 221 Å². The molecule has 38 heavy (non-hydrogen) atoms. The van der Waals surface area contributed by atoms with Gasteiger partial charge in [0.2, 0.25) is 5.91 Å². The third-order valence-corrected chi connectivity index (χ3v) is 6.36. The number of carbonyl (C=O) groups is 3. The second kappa shape index (κ2) is 12.6. The minimum absolute atomic E-state index is 0.164. The monoisotopic (exact) mass is 510 g/mol. The summed E-state index contributed by atoms with van der Waals surface area (Å²) in [5.41, 5.74) is 1.42. The number of rotatable bonds is 13. The molecule has 0 saturated carbocycles. The molecule has 0 spiro atoms. The maximum atomic E-state index is 13.1. The van der Waals surface area contributed by atoms with Gasteiger partial charge in [0.25, 0.3) is 0 Å². The molecule has 0 bridgehead atoms. The molecule has 3 aromatic rings. The smallest absolute Gasteiger partial charge is 0.305 e. The van der Waals surface area contributed by atoms with Crippen molar-refractivity contribution in [2.24, 2.45) is 4.99 Å². The van der Waals surface area contributed by atoms with Crippen LogP contribution >= 0.6 is 0 Å². The van der Waals surface area contributed by atoms with Crippen LogP contribution in [0.1, 0.15) is 37.3 Å². The molecule has 0 radical (unpaired) electrons. The van der Waals surface area contributed by atoms with Gasteiger partial charge < -0.3 is 15.7 Å². The maximum Gasteiger partial charge on any atom is 0.305 e. The molecule has 0 saturated heterocycles. The Balaban J connectivity index is 1.38. The number of nitrogens with zero attached hydrogens (tertiary/aromatic N) is 2. The van der Waals surface area contributed by atoms with Crippen LogP contribution in [0, 0.1) is 0 Å². The highest BCUT2D eigenvalue weighted by molar-refractivity contribution is 5.99. The number of aromatic nitrogens is 1. The molecule has 8 heteroatoms. The molecule has 1 aliphatic rings. The summed E-state index contributed by atoms with van der Waals surface area (Å²) in [6.07, 6.45) is 6.82. The lowest BCUT2D eigenvalue weighted by atomic mass is 9.88. The van der Waals surface area contributed by atoms with Crippen LogP contribution in [-0.2, 0) is 14.4 Å². The average molecular weight is 511 g/mol. The van der Waals surface area contributed by atoms with Crippen LogP contribution in [0.5, 0.6) is 0 Å². The van der Waals surface area contributed by atoms with Crippen molar-refractivity contribution in [3.63, 3.8) is 0 Å². The van der Waals surface area contributed by atoms with Gasteiger partial charge in [0.05, 0.1) is 18.9 Å². The van der Waals surface area contributed by atoms with E-state index in [1.807, 2.05) is 72.8 Å². The minimum atomic E-state index is -1.28. The molecule has 0 aliphatic carbocycles. The number of aliphatic carboxylic acids is 1. The molecule has 4 rings (SSSR count). The van der Waals surface area contributed by atoms with Crippen LogP contribution in [-0.4, -0.2) is 46.0 Å². The number of allylic oxidation sites excluding steroid dienone is 1. The Morgan fingerprint density at radius 1 is 0.921 bits per heavy atom. The van der Waals surface area contributed by atoms with Gasteiger partial charge in [-0.05, 0) is 47.4 Å². The molecule has 8 nitrogen and oxygen atoms in total. The number of Topliss-reactive ketones (excluding diaryl/α,β-unsaturated/α-hetero) is 1. The van der Waals surface area contributed by atoms with Crippen LogP contribution in [0.3, 0.4) is 0 Å². The van der Waals surface area contributed by atoms with Gasteiger partial charge in [0.15, 0.2) is 5.78 Å². The molecule has 2 unspecified atom stereocenters. The van der Waals surface area contributed by atoms with E-state index >= 15 is 0 Å². The fourth-order valence-corrected chi connectivity index (χ4v) is 4.39. The van der Waals surface area contributed by atoms with E-state index in [0.717, 1.165) is 16.9 Å². The first kappa shape index (κ1) is 26.5. The summed E-state index contributed by atoms with van der Waals surface area (Å²) in [6.45, 7) is 0.554. The van der Waals surface area contributed by atoms with Crippen LogP contribution in [0.25, 0.3) is 11.1 Å². The third kappa shape index (κ3) is 7.00. The summed E-state index contributed by atoms with van der Waals surface area (Å²) in [5, 5.41) is 15.5. The number of carboxylic acid groups (broad SMARTS) is 1. The topological polar surface area (TPSA) is 121 Å². The highest BCUT2D eigenvalue weighted by atomic mass is 16.4. The number of hydrogen-bond acceptors (Lipinski definition) is 6. The average Bonchev–Trinajstić information content (AvgIpc) is 3.41. The number of amides is 1.